The second-order valence-electron chi connectivity index (χ2n) is 13.2. The summed E-state index contributed by atoms with van der Waals surface area (Å²) in [4.78, 5) is 48.7. The van der Waals surface area contributed by atoms with Gasteiger partial charge in [-0.2, -0.15) is 0 Å². The van der Waals surface area contributed by atoms with Gasteiger partial charge in [0.05, 0.1) is 31.8 Å². The second kappa shape index (κ2) is 17.2. The molecule has 1 unspecified atom stereocenters. The van der Waals surface area contributed by atoms with Gasteiger partial charge in [-0.3, -0.25) is 14.5 Å². The lowest BCUT2D eigenvalue weighted by Gasteiger charge is -2.41. The Hall–Kier alpha value is -5.40. The van der Waals surface area contributed by atoms with Crippen LogP contribution in [0.25, 0.3) is 11.1 Å². The number of aromatic nitrogens is 2. The molecule has 2 N–H and O–H groups in total. The summed E-state index contributed by atoms with van der Waals surface area (Å²) in [6.45, 7) is 2.19. The van der Waals surface area contributed by atoms with Gasteiger partial charge in [0.25, 0.3) is 5.91 Å². The van der Waals surface area contributed by atoms with E-state index in [4.69, 9.17) is 14.2 Å². The van der Waals surface area contributed by atoms with E-state index in [1.165, 1.54) is 16.7 Å². The number of hydrogen-bond acceptors (Lipinski definition) is 10. The zero-order valence-electron chi connectivity index (χ0n) is 29.6. The van der Waals surface area contributed by atoms with Crippen LogP contribution in [0.1, 0.15) is 53.6 Å². The first kappa shape index (κ1) is 36.9. The number of imide groups is 1. The van der Waals surface area contributed by atoms with E-state index in [1.807, 2.05) is 103 Å². The van der Waals surface area contributed by atoms with E-state index in [0.717, 1.165) is 38.9 Å². The van der Waals surface area contributed by atoms with Gasteiger partial charge in [0.2, 0.25) is 5.91 Å². The Morgan fingerprint density at radius 2 is 1.57 bits per heavy atom. The van der Waals surface area contributed by atoms with Crippen molar-refractivity contribution in [3.8, 4) is 11.1 Å². The highest BCUT2D eigenvalue weighted by Gasteiger charge is 2.40. The second-order valence-corrected chi connectivity index (χ2v) is 14.2. The number of likely N-dealkylation sites (tertiary alicyclic amines) is 1. The summed E-state index contributed by atoms with van der Waals surface area (Å²) in [6.07, 6.45) is 1.45. The highest BCUT2D eigenvalue weighted by atomic mass is 32.2. The Kier molecular flexibility index (Phi) is 11.7. The molecule has 5 atom stereocenters. The zero-order chi connectivity index (χ0) is 37.4. The molecule has 2 saturated heterocycles. The van der Waals surface area contributed by atoms with Crippen molar-refractivity contribution in [2.45, 2.75) is 62.8 Å². The van der Waals surface area contributed by atoms with Crippen LogP contribution in [0.2, 0.25) is 0 Å². The number of nitrogens with zero attached hydrogens (tertiary/aromatic N) is 3. The summed E-state index contributed by atoms with van der Waals surface area (Å²) in [7, 11) is 0. The first-order valence-electron chi connectivity index (χ1n) is 17.8. The molecule has 12 heteroatoms. The average molecular weight is 745 g/mol. The normalized spacial score (nSPS) is 21.2. The molecular formula is C42H40N4O7S. The predicted molar refractivity (Wildman–Crippen MR) is 201 cm³/mol. The molecular weight excluding hydrogens is 705 g/mol. The number of thioether (sulfide) groups is 1. The number of carbonyl (C=O) groups is 3. The van der Waals surface area contributed by atoms with Crippen molar-refractivity contribution in [2.24, 2.45) is 5.92 Å². The molecule has 2 fully saturated rings. The quantitative estimate of drug-likeness (QED) is 0.0799. The molecule has 1 aromatic heterocycles. The molecule has 0 bridgehead atoms. The third kappa shape index (κ3) is 8.69. The minimum atomic E-state index is -0.996. The van der Waals surface area contributed by atoms with E-state index in [1.54, 1.807) is 18.5 Å². The maximum absolute atomic E-state index is 13.3. The monoisotopic (exact) mass is 744 g/mol. The van der Waals surface area contributed by atoms with E-state index in [2.05, 4.69) is 22.2 Å². The highest BCUT2D eigenvalue weighted by molar-refractivity contribution is 7.99. The van der Waals surface area contributed by atoms with Gasteiger partial charge in [0, 0.05) is 29.6 Å². The lowest BCUT2D eigenvalue weighted by Crippen LogP contribution is -2.41. The van der Waals surface area contributed by atoms with Crippen molar-refractivity contribution in [2.75, 3.05) is 5.75 Å². The summed E-state index contributed by atoms with van der Waals surface area (Å²) in [6, 6.07) is 33.3. The number of benzene rings is 4. The zero-order valence-corrected chi connectivity index (χ0v) is 30.4. The number of aliphatic hydroxyl groups excluding tert-OH is 1. The number of alkyl carbamates (subject to hydrolysis) is 1. The van der Waals surface area contributed by atoms with E-state index in [-0.39, 0.29) is 50.2 Å². The van der Waals surface area contributed by atoms with E-state index in [9.17, 15) is 19.5 Å². The minimum Gasteiger partial charge on any atom is -0.445 e. The van der Waals surface area contributed by atoms with Crippen molar-refractivity contribution in [1.29, 1.82) is 0 Å². The van der Waals surface area contributed by atoms with Crippen molar-refractivity contribution in [1.82, 2.24) is 20.2 Å². The molecule has 0 aliphatic carbocycles. The Balaban J connectivity index is 1.04. The number of nitrogens with one attached hydrogen (secondary N) is 1. The fourth-order valence-electron chi connectivity index (χ4n) is 6.63. The fraction of sp³-hybridized carbons (Fsp3) is 0.262. The van der Waals surface area contributed by atoms with Crippen LogP contribution in [0, 0.1) is 5.92 Å². The Morgan fingerprint density at radius 3 is 2.31 bits per heavy atom. The summed E-state index contributed by atoms with van der Waals surface area (Å²) in [5.74, 6) is -0.212. The summed E-state index contributed by atoms with van der Waals surface area (Å²) >= 11 is 1.54. The molecule has 3 amide bonds. The largest absolute Gasteiger partial charge is 0.445 e. The van der Waals surface area contributed by atoms with E-state index >= 15 is 0 Å². The van der Waals surface area contributed by atoms with Crippen molar-refractivity contribution < 1.29 is 33.7 Å². The van der Waals surface area contributed by atoms with Crippen LogP contribution >= 0.6 is 11.8 Å². The topological polar surface area (TPSA) is 140 Å². The average Bonchev–Trinajstić information content (AvgIpc) is 3.47. The predicted octanol–water partition coefficient (Wildman–Crippen LogP) is 6.77. The van der Waals surface area contributed by atoms with Crippen LogP contribution < -0.4 is 5.32 Å². The van der Waals surface area contributed by atoms with Crippen LogP contribution in [0.4, 0.5) is 4.79 Å². The molecule has 4 aromatic carbocycles. The van der Waals surface area contributed by atoms with E-state index in [0.29, 0.717) is 10.9 Å². The molecule has 2 aliphatic rings. The van der Waals surface area contributed by atoms with Crippen LogP contribution in [-0.2, 0) is 43.6 Å². The summed E-state index contributed by atoms with van der Waals surface area (Å²) in [5.41, 5.74) is 6.01. The first-order valence-corrected chi connectivity index (χ1v) is 18.7. The molecule has 0 saturated carbocycles. The smallest absolute Gasteiger partial charge is 0.408 e. The van der Waals surface area contributed by atoms with Crippen molar-refractivity contribution >= 4 is 29.7 Å². The Bertz CT molecular complexity index is 2050. The Morgan fingerprint density at radius 1 is 0.870 bits per heavy atom. The molecule has 54 heavy (non-hydrogen) atoms. The molecule has 7 rings (SSSR count). The standard InChI is InChI=1S/C42H40N4O7S/c1-27-36(26-54-41-43-20-7-21-44-41)52-40(53-38(27)31-14-12-28(24-47)13-15-31)32-18-16-30(17-19-32)34-11-6-5-10-33(34)23-46-37(48)22-35(39(46)49)45-42(50)51-25-29-8-3-2-4-9-29/h2-21,27,35-36,38,40,47H,22-26H2,1H3,(H,45,50)/t27-,35?,36+,38+,40+/m1/s1. The number of rotatable bonds is 12. The number of amides is 3. The van der Waals surface area contributed by atoms with Crippen LogP contribution in [0.5, 0.6) is 0 Å². The molecule has 0 spiro atoms. The molecule has 11 nitrogen and oxygen atoms in total. The van der Waals surface area contributed by atoms with Crippen LogP contribution in [0.15, 0.2) is 127 Å². The van der Waals surface area contributed by atoms with Gasteiger partial charge in [-0.1, -0.05) is 122 Å². The van der Waals surface area contributed by atoms with Gasteiger partial charge in [-0.25, -0.2) is 14.8 Å². The van der Waals surface area contributed by atoms with Gasteiger partial charge < -0.3 is 24.6 Å². The first-order chi connectivity index (χ1) is 26.4. The molecule has 5 aromatic rings. The maximum Gasteiger partial charge on any atom is 0.408 e. The van der Waals surface area contributed by atoms with Gasteiger partial charge in [-0.15, -0.1) is 0 Å². The third-order valence-electron chi connectivity index (χ3n) is 9.63. The molecule has 2 aliphatic heterocycles. The van der Waals surface area contributed by atoms with Crippen LogP contribution in [-0.4, -0.2) is 55.8 Å². The number of ether oxygens (including phenoxy) is 3. The molecule has 3 heterocycles. The summed E-state index contributed by atoms with van der Waals surface area (Å²) in [5, 5.41) is 12.8. The van der Waals surface area contributed by atoms with Crippen molar-refractivity contribution in [3.05, 3.63) is 149 Å². The molecule has 276 valence electrons. The molecule has 0 radical (unpaired) electrons. The van der Waals surface area contributed by atoms with Gasteiger partial charge >= 0.3 is 6.09 Å². The van der Waals surface area contributed by atoms with Crippen LogP contribution in [0.3, 0.4) is 0 Å². The lowest BCUT2D eigenvalue weighted by molar-refractivity contribution is -0.268. The number of aliphatic hydroxyl groups is 1. The van der Waals surface area contributed by atoms with Gasteiger partial charge in [0.15, 0.2) is 11.4 Å². The number of hydrogen-bond donors (Lipinski definition) is 2. The van der Waals surface area contributed by atoms with E-state index < -0.39 is 24.3 Å². The SMILES string of the molecule is C[C@@H]1[C@H](CSc2ncccn2)O[C@H](c2ccc(-c3ccccc3CN3C(=O)CC(NC(=O)OCc4ccccc4)C3=O)cc2)O[C@@H]1c1ccc(CO)cc1. The maximum atomic E-state index is 13.3. The highest BCUT2D eigenvalue weighted by Crippen LogP contribution is 2.43. The fourth-order valence-corrected chi connectivity index (χ4v) is 7.59. The summed E-state index contributed by atoms with van der Waals surface area (Å²) < 4.78 is 18.5. The Labute approximate surface area is 317 Å². The number of carbonyl (C=O) groups excluding carboxylic acids is 3. The third-order valence-corrected chi connectivity index (χ3v) is 10.6. The van der Waals surface area contributed by atoms with Crippen molar-refractivity contribution in [3.63, 3.8) is 0 Å². The van der Waals surface area contributed by atoms with Gasteiger partial charge in [-0.05, 0) is 39.4 Å². The lowest BCUT2D eigenvalue weighted by atomic mass is 9.91. The minimum absolute atomic E-state index is 0.00864. The van der Waals surface area contributed by atoms with Gasteiger partial charge in [0.1, 0.15) is 12.6 Å².